The Morgan fingerprint density at radius 2 is 1.81 bits per heavy atom. The van der Waals surface area contributed by atoms with Crippen LogP contribution in [0.1, 0.15) is 48.5 Å². The minimum absolute atomic E-state index is 0.280. The molecule has 0 spiro atoms. The number of pyridine rings is 1. The van der Waals surface area contributed by atoms with Crippen LogP contribution >= 0.6 is 0 Å². The van der Waals surface area contributed by atoms with Crippen LogP contribution in [-0.4, -0.2) is 37.8 Å². The molecule has 1 saturated carbocycles. The number of rotatable bonds is 6. The number of esters is 1. The van der Waals surface area contributed by atoms with Crippen molar-refractivity contribution in [1.82, 2.24) is 4.98 Å². The molecule has 5 rings (SSSR count). The molecule has 1 fully saturated rings. The van der Waals surface area contributed by atoms with Gasteiger partial charge in [0, 0.05) is 35.5 Å². The van der Waals surface area contributed by atoms with E-state index in [-0.39, 0.29) is 12.6 Å². The van der Waals surface area contributed by atoms with Crippen LogP contribution in [0.3, 0.4) is 0 Å². The Balaban J connectivity index is 1.66. The topological polar surface area (TPSA) is 60.9 Å². The average molecular weight is 433 g/mol. The summed E-state index contributed by atoms with van der Waals surface area (Å²) >= 11 is 0. The number of cyclic esters (lactones) is 1. The van der Waals surface area contributed by atoms with Crippen LogP contribution in [0.5, 0.6) is 11.5 Å². The van der Waals surface area contributed by atoms with Gasteiger partial charge in [0.1, 0.15) is 12.4 Å². The molecule has 2 aliphatic rings. The summed E-state index contributed by atoms with van der Waals surface area (Å²) in [6.07, 6.45) is 6.90. The first-order chi connectivity index (χ1) is 15.6. The van der Waals surface area contributed by atoms with Crippen molar-refractivity contribution in [1.29, 1.82) is 0 Å². The molecule has 0 amide bonds. The molecule has 166 valence electrons. The van der Waals surface area contributed by atoms with Gasteiger partial charge in [0.15, 0.2) is 11.5 Å². The minimum atomic E-state index is -0.295. The van der Waals surface area contributed by atoms with Crippen molar-refractivity contribution >= 4 is 22.6 Å². The van der Waals surface area contributed by atoms with Gasteiger partial charge in [-0.05, 0) is 60.9 Å². The van der Waals surface area contributed by atoms with Gasteiger partial charge in [-0.1, -0.05) is 12.8 Å². The van der Waals surface area contributed by atoms with Crippen LogP contribution in [0.4, 0.5) is 5.82 Å². The maximum absolute atomic E-state index is 12.7. The highest BCUT2D eigenvalue weighted by Crippen LogP contribution is 2.42. The second kappa shape index (κ2) is 8.34. The van der Waals surface area contributed by atoms with Crippen molar-refractivity contribution in [3.8, 4) is 22.6 Å². The maximum Gasteiger partial charge on any atom is 0.339 e. The number of hydrogen-bond donors (Lipinski definition) is 0. The number of nitrogens with zero attached hydrogens (tertiary/aromatic N) is 2. The largest absolute Gasteiger partial charge is 0.493 e. The quantitative estimate of drug-likeness (QED) is 0.489. The van der Waals surface area contributed by atoms with Crippen molar-refractivity contribution in [2.24, 2.45) is 0 Å². The molecular weight excluding hydrogens is 404 g/mol. The number of anilines is 1. The highest BCUT2D eigenvalue weighted by molar-refractivity contribution is 6.11. The first-order valence-electron chi connectivity index (χ1n) is 11.3. The second-order valence-electron chi connectivity index (χ2n) is 8.42. The Labute approximate surface area is 188 Å². The zero-order valence-electron chi connectivity index (χ0n) is 18.8. The van der Waals surface area contributed by atoms with Crippen LogP contribution in [0, 0.1) is 0 Å². The fourth-order valence-corrected chi connectivity index (χ4v) is 5.18. The van der Waals surface area contributed by atoms with E-state index in [9.17, 15) is 4.79 Å². The lowest BCUT2D eigenvalue weighted by Gasteiger charge is -2.29. The van der Waals surface area contributed by atoms with E-state index < -0.39 is 0 Å². The Bertz CT molecular complexity index is 1170. The second-order valence-corrected chi connectivity index (χ2v) is 8.42. The number of methoxy groups -OCH3 is 2. The molecule has 1 aliphatic carbocycles. The van der Waals surface area contributed by atoms with E-state index in [4.69, 9.17) is 19.2 Å². The third kappa shape index (κ3) is 3.34. The average Bonchev–Trinajstić information content (AvgIpc) is 3.48. The summed E-state index contributed by atoms with van der Waals surface area (Å²) in [6.45, 7) is 3.40. The number of fused-ring (bicyclic) bond motifs is 2. The van der Waals surface area contributed by atoms with Crippen molar-refractivity contribution in [2.45, 2.75) is 45.3 Å². The molecule has 0 unspecified atom stereocenters. The van der Waals surface area contributed by atoms with Crippen LogP contribution in [0.15, 0.2) is 36.5 Å². The molecule has 6 nitrogen and oxygen atoms in total. The van der Waals surface area contributed by atoms with Gasteiger partial charge < -0.3 is 19.1 Å². The summed E-state index contributed by atoms with van der Waals surface area (Å²) in [5.41, 5.74) is 3.23. The fraction of sp³-hybridized carbons (Fsp3) is 0.385. The first kappa shape index (κ1) is 20.6. The minimum Gasteiger partial charge on any atom is -0.493 e. The predicted molar refractivity (Wildman–Crippen MR) is 125 cm³/mol. The van der Waals surface area contributed by atoms with Gasteiger partial charge in [-0.15, -0.1) is 0 Å². The molecule has 3 aromatic rings. The third-order valence-electron chi connectivity index (χ3n) is 6.73. The lowest BCUT2D eigenvalue weighted by Crippen LogP contribution is -2.33. The van der Waals surface area contributed by atoms with Crippen LogP contribution in [0.2, 0.25) is 0 Å². The molecule has 6 heteroatoms. The summed E-state index contributed by atoms with van der Waals surface area (Å²) < 4.78 is 16.4. The number of ether oxygens (including phenoxy) is 3. The Kier molecular flexibility index (Phi) is 5.37. The summed E-state index contributed by atoms with van der Waals surface area (Å²) in [5, 5.41) is 1.89. The van der Waals surface area contributed by atoms with Gasteiger partial charge in [0.25, 0.3) is 0 Å². The molecule has 0 atom stereocenters. The molecule has 0 N–H and O–H groups in total. The molecule has 1 aliphatic heterocycles. The third-order valence-corrected chi connectivity index (χ3v) is 6.73. The van der Waals surface area contributed by atoms with Gasteiger partial charge in [0.05, 0.1) is 19.8 Å². The standard InChI is InChI=1S/C26H28N2O4/c1-4-28(19-7-5-6-8-19)23-10-9-16(14-27-23)24-20-13-22(31-3)21(30-2)12-17(20)11-18-15-32-26(29)25(18)24/h9-14,19H,4-8,15H2,1-3H3. The molecule has 2 aromatic carbocycles. The van der Waals surface area contributed by atoms with E-state index >= 15 is 0 Å². The first-order valence-corrected chi connectivity index (χ1v) is 11.3. The normalized spacial score (nSPS) is 15.7. The monoisotopic (exact) mass is 432 g/mol. The number of aromatic nitrogens is 1. The molecule has 0 radical (unpaired) electrons. The Morgan fingerprint density at radius 3 is 2.47 bits per heavy atom. The van der Waals surface area contributed by atoms with E-state index in [0.29, 0.717) is 23.1 Å². The lowest BCUT2D eigenvalue weighted by atomic mass is 9.91. The van der Waals surface area contributed by atoms with Gasteiger partial charge in [0.2, 0.25) is 0 Å². The van der Waals surface area contributed by atoms with E-state index in [2.05, 4.69) is 24.0 Å². The number of benzene rings is 2. The van der Waals surface area contributed by atoms with Crippen molar-refractivity contribution < 1.29 is 19.0 Å². The fourth-order valence-electron chi connectivity index (χ4n) is 5.18. The molecule has 1 aromatic heterocycles. The van der Waals surface area contributed by atoms with Crippen molar-refractivity contribution in [3.05, 3.63) is 47.7 Å². The van der Waals surface area contributed by atoms with Crippen molar-refractivity contribution in [3.63, 3.8) is 0 Å². The molecular formula is C26H28N2O4. The smallest absolute Gasteiger partial charge is 0.339 e. The lowest BCUT2D eigenvalue weighted by molar-refractivity contribution is 0.0535. The number of hydrogen-bond acceptors (Lipinski definition) is 6. The van der Waals surface area contributed by atoms with Crippen LogP contribution < -0.4 is 14.4 Å². The highest BCUT2D eigenvalue weighted by Gasteiger charge is 2.29. The van der Waals surface area contributed by atoms with E-state index in [0.717, 1.165) is 39.8 Å². The van der Waals surface area contributed by atoms with E-state index in [1.54, 1.807) is 14.2 Å². The number of carbonyl (C=O) groups is 1. The SMILES string of the molecule is CCN(c1ccc(-c2c3c(cc4cc(OC)c(OC)cc24)COC3=O)cn1)C1CCCC1. The molecule has 0 saturated heterocycles. The summed E-state index contributed by atoms with van der Waals surface area (Å²) in [7, 11) is 3.24. The Hall–Kier alpha value is -3.28. The predicted octanol–water partition coefficient (Wildman–Crippen LogP) is 5.36. The summed E-state index contributed by atoms with van der Waals surface area (Å²) in [6, 6.07) is 10.6. The van der Waals surface area contributed by atoms with Gasteiger partial charge in [-0.2, -0.15) is 0 Å². The Morgan fingerprint density at radius 1 is 1.06 bits per heavy atom. The van der Waals surface area contributed by atoms with Gasteiger partial charge >= 0.3 is 5.97 Å². The van der Waals surface area contributed by atoms with E-state index in [1.165, 1.54) is 25.7 Å². The van der Waals surface area contributed by atoms with Gasteiger partial charge in [-0.3, -0.25) is 0 Å². The summed E-state index contributed by atoms with van der Waals surface area (Å²) in [4.78, 5) is 19.9. The van der Waals surface area contributed by atoms with E-state index in [1.807, 2.05) is 24.4 Å². The molecule has 0 bridgehead atoms. The number of carbonyl (C=O) groups excluding carboxylic acids is 1. The summed E-state index contributed by atoms with van der Waals surface area (Å²) in [5.74, 6) is 1.97. The van der Waals surface area contributed by atoms with Gasteiger partial charge in [-0.25, -0.2) is 9.78 Å². The molecule has 32 heavy (non-hydrogen) atoms. The van der Waals surface area contributed by atoms with Crippen LogP contribution in [-0.2, 0) is 11.3 Å². The zero-order chi connectivity index (χ0) is 22.2. The highest BCUT2D eigenvalue weighted by atomic mass is 16.5. The van der Waals surface area contributed by atoms with Crippen molar-refractivity contribution in [2.75, 3.05) is 25.7 Å². The molecule has 2 heterocycles. The zero-order valence-corrected chi connectivity index (χ0v) is 18.8. The van der Waals surface area contributed by atoms with Crippen LogP contribution in [0.25, 0.3) is 21.9 Å². The maximum atomic E-state index is 12.7.